The first-order valence-corrected chi connectivity index (χ1v) is 5.53. The minimum absolute atomic E-state index is 0.689. The third-order valence-electron chi connectivity index (χ3n) is 2.89. The smallest absolute Gasteiger partial charge is 0.0962 e. The van der Waals surface area contributed by atoms with Gasteiger partial charge in [-0.1, -0.05) is 25.7 Å². The third-order valence-corrected chi connectivity index (χ3v) is 2.89. The molecule has 0 unspecified atom stereocenters. The number of aromatic nitrogens is 3. The lowest BCUT2D eigenvalue weighted by Crippen LogP contribution is -2.27. The maximum Gasteiger partial charge on any atom is 0.0962 e. The molecular formula is C10H18N4. The first-order chi connectivity index (χ1) is 6.95. The van der Waals surface area contributed by atoms with Crippen LogP contribution in [0.1, 0.15) is 44.2 Å². The molecule has 0 saturated heterocycles. The van der Waals surface area contributed by atoms with Gasteiger partial charge in [-0.3, -0.25) is 0 Å². The van der Waals surface area contributed by atoms with E-state index in [0.29, 0.717) is 6.04 Å². The first-order valence-electron chi connectivity index (χ1n) is 5.53. The van der Waals surface area contributed by atoms with Crippen molar-refractivity contribution in [2.75, 3.05) is 0 Å². The molecule has 2 rings (SSSR count). The number of nitrogens with zero attached hydrogens (tertiary/aromatic N) is 2. The van der Waals surface area contributed by atoms with Crippen molar-refractivity contribution in [3.8, 4) is 0 Å². The molecule has 0 aliphatic heterocycles. The molecule has 0 atom stereocenters. The van der Waals surface area contributed by atoms with Crippen LogP contribution < -0.4 is 5.32 Å². The summed E-state index contributed by atoms with van der Waals surface area (Å²) in [5.41, 5.74) is 1.01. The molecule has 78 valence electrons. The van der Waals surface area contributed by atoms with Crippen LogP contribution in [0.3, 0.4) is 0 Å². The molecule has 4 heteroatoms. The molecule has 0 aromatic carbocycles. The largest absolute Gasteiger partial charge is 0.308 e. The lowest BCUT2D eigenvalue weighted by molar-refractivity contribution is 0.456. The van der Waals surface area contributed by atoms with Crippen molar-refractivity contribution in [1.82, 2.24) is 20.7 Å². The van der Waals surface area contributed by atoms with Crippen LogP contribution in [0.4, 0.5) is 0 Å². The zero-order valence-corrected chi connectivity index (χ0v) is 8.50. The van der Waals surface area contributed by atoms with Crippen LogP contribution in [0.15, 0.2) is 6.20 Å². The van der Waals surface area contributed by atoms with E-state index < -0.39 is 0 Å². The summed E-state index contributed by atoms with van der Waals surface area (Å²) < 4.78 is 0. The van der Waals surface area contributed by atoms with E-state index in [9.17, 15) is 0 Å². The molecule has 14 heavy (non-hydrogen) atoms. The van der Waals surface area contributed by atoms with Gasteiger partial charge in [0.1, 0.15) is 0 Å². The van der Waals surface area contributed by atoms with Crippen LogP contribution in [-0.2, 0) is 6.54 Å². The summed E-state index contributed by atoms with van der Waals surface area (Å²) >= 11 is 0. The highest BCUT2D eigenvalue weighted by Gasteiger charge is 2.11. The molecule has 1 aliphatic carbocycles. The van der Waals surface area contributed by atoms with Gasteiger partial charge in [0.25, 0.3) is 0 Å². The second kappa shape index (κ2) is 5.10. The molecule has 4 nitrogen and oxygen atoms in total. The van der Waals surface area contributed by atoms with Gasteiger partial charge in [-0.2, -0.15) is 15.4 Å². The van der Waals surface area contributed by atoms with Crippen molar-refractivity contribution in [3.63, 3.8) is 0 Å². The van der Waals surface area contributed by atoms with E-state index in [2.05, 4.69) is 20.7 Å². The van der Waals surface area contributed by atoms with Gasteiger partial charge in [0.2, 0.25) is 0 Å². The summed E-state index contributed by atoms with van der Waals surface area (Å²) in [6, 6.07) is 0.689. The quantitative estimate of drug-likeness (QED) is 0.719. The van der Waals surface area contributed by atoms with Gasteiger partial charge in [0.05, 0.1) is 11.9 Å². The Morgan fingerprint density at radius 3 is 2.71 bits per heavy atom. The Hall–Kier alpha value is -0.900. The first kappa shape index (κ1) is 9.65. The van der Waals surface area contributed by atoms with Crippen molar-refractivity contribution in [2.24, 2.45) is 0 Å². The predicted molar refractivity (Wildman–Crippen MR) is 54.7 cm³/mol. The number of H-pyrrole nitrogens is 1. The zero-order valence-electron chi connectivity index (χ0n) is 8.50. The van der Waals surface area contributed by atoms with Crippen LogP contribution >= 0.6 is 0 Å². The van der Waals surface area contributed by atoms with E-state index in [-0.39, 0.29) is 0 Å². The Bertz CT molecular complexity index is 237. The molecule has 2 N–H and O–H groups in total. The van der Waals surface area contributed by atoms with E-state index >= 15 is 0 Å². The summed E-state index contributed by atoms with van der Waals surface area (Å²) in [7, 11) is 0. The average molecular weight is 194 g/mol. The van der Waals surface area contributed by atoms with Crippen molar-refractivity contribution < 1.29 is 0 Å². The number of hydrogen-bond donors (Lipinski definition) is 2. The van der Waals surface area contributed by atoms with Gasteiger partial charge < -0.3 is 5.32 Å². The van der Waals surface area contributed by atoms with Crippen molar-refractivity contribution in [2.45, 2.75) is 51.1 Å². The van der Waals surface area contributed by atoms with E-state index in [1.165, 1.54) is 38.5 Å². The second-order valence-electron chi connectivity index (χ2n) is 4.03. The molecule has 1 fully saturated rings. The molecular weight excluding hydrogens is 176 g/mol. The third kappa shape index (κ3) is 2.80. The molecule has 1 aromatic rings. The van der Waals surface area contributed by atoms with E-state index in [1.807, 2.05) is 0 Å². The fourth-order valence-electron chi connectivity index (χ4n) is 2.04. The van der Waals surface area contributed by atoms with Crippen LogP contribution in [0.25, 0.3) is 0 Å². The van der Waals surface area contributed by atoms with E-state index in [4.69, 9.17) is 0 Å². The summed E-state index contributed by atoms with van der Waals surface area (Å²) in [6.07, 6.45) is 9.97. The Morgan fingerprint density at radius 1 is 1.29 bits per heavy atom. The number of aromatic amines is 1. The molecule has 1 heterocycles. The number of hydrogen-bond acceptors (Lipinski definition) is 3. The van der Waals surface area contributed by atoms with Crippen LogP contribution in [-0.4, -0.2) is 21.5 Å². The van der Waals surface area contributed by atoms with E-state index in [1.54, 1.807) is 6.20 Å². The van der Waals surface area contributed by atoms with Gasteiger partial charge in [-0.15, -0.1) is 0 Å². The Kier molecular flexibility index (Phi) is 3.51. The summed E-state index contributed by atoms with van der Waals surface area (Å²) in [5.74, 6) is 0. The fourth-order valence-corrected chi connectivity index (χ4v) is 2.04. The topological polar surface area (TPSA) is 53.6 Å². The second-order valence-corrected chi connectivity index (χ2v) is 4.03. The van der Waals surface area contributed by atoms with Crippen molar-refractivity contribution in [1.29, 1.82) is 0 Å². The normalized spacial score (nSPS) is 19.4. The lowest BCUT2D eigenvalue weighted by atomic mass is 10.1. The summed E-state index contributed by atoms with van der Waals surface area (Å²) in [5, 5.41) is 14.0. The fraction of sp³-hybridized carbons (Fsp3) is 0.800. The highest BCUT2D eigenvalue weighted by Crippen LogP contribution is 2.17. The Balaban J connectivity index is 1.73. The molecule has 0 spiro atoms. The molecule has 1 aliphatic rings. The number of nitrogens with one attached hydrogen (secondary N) is 2. The summed E-state index contributed by atoms with van der Waals surface area (Å²) in [4.78, 5) is 0. The minimum atomic E-state index is 0.689. The molecule has 1 saturated carbocycles. The Morgan fingerprint density at radius 2 is 2.07 bits per heavy atom. The molecule has 1 aromatic heterocycles. The SMILES string of the molecule is c1n[nH]nc1CNC1CCCCCC1. The van der Waals surface area contributed by atoms with Gasteiger partial charge in [0.15, 0.2) is 0 Å². The van der Waals surface area contributed by atoms with Gasteiger partial charge in [0, 0.05) is 12.6 Å². The molecule has 0 radical (unpaired) electrons. The number of rotatable bonds is 3. The Labute approximate surface area is 84.5 Å². The van der Waals surface area contributed by atoms with Crippen molar-refractivity contribution in [3.05, 3.63) is 11.9 Å². The lowest BCUT2D eigenvalue weighted by Gasteiger charge is -2.14. The van der Waals surface area contributed by atoms with Gasteiger partial charge >= 0.3 is 0 Å². The zero-order chi connectivity index (χ0) is 9.64. The van der Waals surface area contributed by atoms with E-state index in [0.717, 1.165) is 12.2 Å². The van der Waals surface area contributed by atoms with Crippen LogP contribution in [0, 0.1) is 0 Å². The highest BCUT2D eigenvalue weighted by molar-refractivity contribution is 4.90. The average Bonchev–Trinajstić information content (AvgIpc) is 2.58. The standard InChI is InChI=1S/C10H18N4/c1-2-4-6-9(5-3-1)11-7-10-8-12-14-13-10/h8-9,11H,1-7H2,(H,12,13,14). The van der Waals surface area contributed by atoms with Gasteiger partial charge in [-0.05, 0) is 12.8 Å². The maximum absolute atomic E-state index is 4.03. The van der Waals surface area contributed by atoms with Crippen LogP contribution in [0.5, 0.6) is 0 Å². The monoisotopic (exact) mass is 194 g/mol. The highest BCUT2D eigenvalue weighted by atomic mass is 15.3. The predicted octanol–water partition coefficient (Wildman–Crippen LogP) is 1.62. The van der Waals surface area contributed by atoms with Crippen molar-refractivity contribution >= 4 is 0 Å². The van der Waals surface area contributed by atoms with Gasteiger partial charge in [-0.25, -0.2) is 0 Å². The maximum atomic E-state index is 4.03. The molecule has 0 bridgehead atoms. The summed E-state index contributed by atoms with van der Waals surface area (Å²) in [6.45, 7) is 0.848. The van der Waals surface area contributed by atoms with Crippen LogP contribution in [0.2, 0.25) is 0 Å². The minimum Gasteiger partial charge on any atom is -0.308 e. The molecule has 0 amide bonds.